The van der Waals surface area contributed by atoms with Gasteiger partial charge in [-0.3, -0.25) is 9.59 Å². The number of unbranched alkanes of at least 4 members (excludes halogenated alkanes) is 15. The highest BCUT2D eigenvalue weighted by Crippen LogP contribution is 2.26. The maximum atomic E-state index is 13.7. The summed E-state index contributed by atoms with van der Waals surface area (Å²) in [6.07, 6.45) is 19.9. The lowest BCUT2D eigenvalue weighted by molar-refractivity contribution is -0.164. The van der Waals surface area contributed by atoms with Crippen LogP contribution >= 0.6 is 0 Å². The molecule has 0 spiro atoms. The Labute approximate surface area is 215 Å². The predicted octanol–water partition coefficient (Wildman–Crippen LogP) is 8.84. The normalized spacial score (nSPS) is 11.5. The molecule has 0 aliphatic rings. The van der Waals surface area contributed by atoms with Crippen molar-refractivity contribution >= 4 is 11.9 Å². The first-order chi connectivity index (χ1) is 17.2. The van der Waals surface area contributed by atoms with Crippen LogP contribution in [0, 0.1) is 22.9 Å². The molecule has 0 aromatic heterocycles. The van der Waals surface area contributed by atoms with Crippen molar-refractivity contribution in [1.29, 1.82) is 0 Å². The highest BCUT2D eigenvalue weighted by Gasteiger charge is 2.40. The maximum absolute atomic E-state index is 13.7. The average Bonchev–Trinajstić information content (AvgIpc) is 2.85. The zero-order chi connectivity index (χ0) is 26.8. The van der Waals surface area contributed by atoms with Gasteiger partial charge in [0.05, 0.1) is 6.61 Å². The van der Waals surface area contributed by atoms with Gasteiger partial charge in [-0.2, -0.15) is 4.39 Å². The van der Waals surface area contributed by atoms with Crippen LogP contribution in [-0.4, -0.2) is 18.5 Å². The predicted molar refractivity (Wildman–Crippen MR) is 136 cm³/mol. The number of esters is 2. The second-order valence-corrected chi connectivity index (χ2v) is 10.1. The van der Waals surface area contributed by atoms with E-state index in [1.807, 2.05) is 0 Å². The Hall–Kier alpha value is -2.05. The summed E-state index contributed by atoms with van der Waals surface area (Å²) in [6, 6.07) is 1.44. The lowest BCUT2D eigenvalue weighted by atomic mass is 9.94. The molecule has 0 heterocycles. The van der Waals surface area contributed by atoms with Gasteiger partial charge in [0.15, 0.2) is 22.8 Å². The Morgan fingerprint density at radius 1 is 0.667 bits per heavy atom. The third kappa shape index (κ3) is 12.3. The molecule has 0 saturated carbocycles. The molecule has 0 atom stereocenters. The van der Waals surface area contributed by atoms with Crippen molar-refractivity contribution in [1.82, 2.24) is 0 Å². The van der Waals surface area contributed by atoms with E-state index in [1.54, 1.807) is 0 Å². The lowest BCUT2D eigenvalue weighted by Gasteiger charge is -2.20. The monoisotopic (exact) mass is 514 g/mol. The summed E-state index contributed by atoms with van der Waals surface area (Å²) in [5.41, 5.74) is -1.72. The van der Waals surface area contributed by atoms with Crippen molar-refractivity contribution in [2.24, 2.45) is 5.41 Å². The molecule has 0 amide bonds. The van der Waals surface area contributed by atoms with Gasteiger partial charge >= 0.3 is 11.9 Å². The Morgan fingerprint density at radius 3 is 1.58 bits per heavy atom. The summed E-state index contributed by atoms with van der Waals surface area (Å²) in [7, 11) is 0. The van der Waals surface area contributed by atoms with E-state index in [0.29, 0.717) is 12.5 Å². The standard InChI is InChI=1S/C29H45F3O4/c1-4-5-6-7-8-9-10-11-12-13-14-15-16-17-18-19-22-35-27(33)29(2,3)28(34)36-24-21-20-23(30)25(31)26(24)32/h20-21H,4-19,22H2,1-3H3. The lowest BCUT2D eigenvalue weighted by Crippen LogP contribution is -2.38. The molecule has 0 unspecified atom stereocenters. The fraction of sp³-hybridized carbons (Fsp3) is 0.724. The van der Waals surface area contributed by atoms with Crippen molar-refractivity contribution in [2.75, 3.05) is 6.61 Å². The van der Waals surface area contributed by atoms with Gasteiger partial charge in [0.25, 0.3) is 0 Å². The van der Waals surface area contributed by atoms with Crippen LogP contribution in [-0.2, 0) is 14.3 Å². The van der Waals surface area contributed by atoms with Crippen LogP contribution < -0.4 is 4.74 Å². The van der Waals surface area contributed by atoms with Crippen molar-refractivity contribution in [3.63, 3.8) is 0 Å². The smallest absolute Gasteiger partial charge is 0.328 e. The van der Waals surface area contributed by atoms with Crippen LogP contribution in [0.2, 0.25) is 0 Å². The summed E-state index contributed by atoms with van der Waals surface area (Å²) >= 11 is 0. The summed E-state index contributed by atoms with van der Waals surface area (Å²) in [5.74, 6) is -7.46. The van der Waals surface area contributed by atoms with Crippen molar-refractivity contribution < 1.29 is 32.2 Å². The van der Waals surface area contributed by atoms with Gasteiger partial charge in [-0.15, -0.1) is 0 Å². The van der Waals surface area contributed by atoms with Gasteiger partial charge in [-0.25, -0.2) is 8.78 Å². The first kappa shape index (κ1) is 32.0. The van der Waals surface area contributed by atoms with Gasteiger partial charge in [0.1, 0.15) is 0 Å². The number of rotatable bonds is 20. The molecule has 7 heteroatoms. The molecule has 1 aromatic carbocycles. The van der Waals surface area contributed by atoms with E-state index in [1.165, 1.54) is 90.9 Å². The Bertz CT molecular complexity index is 780. The van der Waals surface area contributed by atoms with E-state index in [-0.39, 0.29) is 6.61 Å². The molecule has 206 valence electrons. The molecule has 0 aliphatic carbocycles. The first-order valence-electron chi connectivity index (χ1n) is 13.7. The first-order valence-corrected chi connectivity index (χ1v) is 13.7. The van der Waals surface area contributed by atoms with E-state index in [2.05, 4.69) is 6.92 Å². The molecule has 0 fully saturated rings. The van der Waals surface area contributed by atoms with E-state index < -0.39 is 40.6 Å². The molecule has 4 nitrogen and oxygen atoms in total. The summed E-state index contributed by atoms with van der Waals surface area (Å²) in [5, 5.41) is 0. The summed E-state index contributed by atoms with van der Waals surface area (Å²) in [4.78, 5) is 24.6. The average molecular weight is 515 g/mol. The molecule has 0 aliphatic heterocycles. The maximum Gasteiger partial charge on any atom is 0.328 e. The zero-order valence-corrected chi connectivity index (χ0v) is 22.4. The van der Waals surface area contributed by atoms with Crippen molar-refractivity contribution in [2.45, 2.75) is 124 Å². The number of halogens is 3. The Balaban J connectivity index is 2.07. The number of ether oxygens (including phenoxy) is 2. The van der Waals surface area contributed by atoms with Crippen LogP contribution in [0.3, 0.4) is 0 Å². The fourth-order valence-corrected chi connectivity index (χ4v) is 3.89. The largest absolute Gasteiger partial charge is 0.465 e. The molecule has 1 rings (SSSR count). The number of carbonyl (C=O) groups excluding carboxylic acids is 2. The van der Waals surface area contributed by atoms with Crippen LogP contribution in [0.4, 0.5) is 13.2 Å². The minimum Gasteiger partial charge on any atom is -0.465 e. The van der Waals surface area contributed by atoms with E-state index in [9.17, 15) is 22.8 Å². The third-order valence-electron chi connectivity index (χ3n) is 6.45. The molecule has 0 saturated heterocycles. The van der Waals surface area contributed by atoms with Gasteiger partial charge in [0.2, 0.25) is 5.82 Å². The Kier molecular flexibility index (Phi) is 16.2. The van der Waals surface area contributed by atoms with Gasteiger partial charge in [-0.05, 0) is 32.4 Å². The van der Waals surface area contributed by atoms with Gasteiger partial charge < -0.3 is 9.47 Å². The van der Waals surface area contributed by atoms with Crippen LogP contribution in [0.5, 0.6) is 5.75 Å². The second-order valence-electron chi connectivity index (χ2n) is 10.1. The minimum atomic E-state index is -1.75. The minimum absolute atomic E-state index is 0.174. The highest BCUT2D eigenvalue weighted by atomic mass is 19.2. The molecular formula is C29H45F3O4. The number of benzene rings is 1. The number of carbonyl (C=O) groups is 2. The second kappa shape index (κ2) is 18.2. The quantitative estimate of drug-likeness (QED) is 0.0573. The van der Waals surface area contributed by atoms with Crippen LogP contribution in [0.1, 0.15) is 124 Å². The molecule has 0 bridgehead atoms. The third-order valence-corrected chi connectivity index (χ3v) is 6.45. The summed E-state index contributed by atoms with van der Waals surface area (Å²) in [6.45, 7) is 4.98. The van der Waals surface area contributed by atoms with E-state index in [0.717, 1.165) is 25.3 Å². The molecular weight excluding hydrogens is 469 g/mol. The highest BCUT2D eigenvalue weighted by molar-refractivity contribution is 5.99. The van der Waals surface area contributed by atoms with Crippen molar-refractivity contribution in [3.05, 3.63) is 29.6 Å². The Morgan fingerprint density at radius 2 is 1.11 bits per heavy atom. The van der Waals surface area contributed by atoms with Gasteiger partial charge in [-0.1, -0.05) is 103 Å². The van der Waals surface area contributed by atoms with E-state index in [4.69, 9.17) is 9.47 Å². The molecule has 1 aromatic rings. The van der Waals surface area contributed by atoms with Crippen molar-refractivity contribution in [3.8, 4) is 5.75 Å². The van der Waals surface area contributed by atoms with E-state index >= 15 is 0 Å². The van der Waals surface area contributed by atoms with Crippen LogP contribution in [0.25, 0.3) is 0 Å². The molecule has 0 N–H and O–H groups in total. The fourth-order valence-electron chi connectivity index (χ4n) is 3.89. The zero-order valence-electron chi connectivity index (χ0n) is 22.4. The van der Waals surface area contributed by atoms with Gasteiger partial charge in [0, 0.05) is 0 Å². The molecule has 36 heavy (non-hydrogen) atoms. The number of hydrogen-bond acceptors (Lipinski definition) is 4. The topological polar surface area (TPSA) is 52.6 Å². The number of hydrogen-bond donors (Lipinski definition) is 0. The molecule has 0 radical (unpaired) electrons. The van der Waals surface area contributed by atoms with Crippen LogP contribution in [0.15, 0.2) is 12.1 Å². The SMILES string of the molecule is CCCCCCCCCCCCCCCCCCOC(=O)C(C)(C)C(=O)Oc1ccc(F)c(F)c1F. The summed E-state index contributed by atoms with van der Waals surface area (Å²) < 4.78 is 50.0.